The van der Waals surface area contributed by atoms with Crippen LogP contribution in [0.15, 0.2) is 40.9 Å². The fourth-order valence-corrected chi connectivity index (χ4v) is 2.38. The van der Waals surface area contributed by atoms with Crippen molar-refractivity contribution in [1.82, 2.24) is 0 Å². The van der Waals surface area contributed by atoms with Gasteiger partial charge >= 0.3 is 0 Å². The first-order valence-corrected chi connectivity index (χ1v) is 6.97. The Morgan fingerprint density at radius 3 is 2.40 bits per heavy atom. The monoisotopic (exact) mass is 343 g/mol. The van der Waals surface area contributed by atoms with Crippen molar-refractivity contribution in [2.24, 2.45) is 0 Å². The second-order valence-corrected chi connectivity index (χ2v) is 5.32. The van der Waals surface area contributed by atoms with Gasteiger partial charge in [-0.05, 0) is 24.1 Å². The standard InChI is InChI=1S/C15H13BrF3N/c1-2-14(9-4-3-5-10(16)6-9)20-15-8-12(18)11(17)7-13(15)19/h3-8,14,20H,2H2,1H3. The van der Waals surface area contributed by atoms with Gasteiger partial charge < -0.3 is 5.32 Å². The largest absolute Gasteiger partial charge is 0.376 e. The highest BCUT2D eigenvalue weighted by Crippen LogP contribution is 2.27. The van der Waals surface area contributed by atoms with Crippen molar-refractivity contribution >= 4 is 21.6 Å². The van der Waals surface area contributed by atoms with Crippen molar-refractivity contribution in [1.29, 1.82) is 0 Å². The third-order valence-corrected chi connectivity index (χ3v) is 3.49. The maximum Gasteiger partial charge on any atom is 0.161 e. The van der Waals surface area contributed by atoms with Crippen LogP contribution in [0, 0.1) is 17.5 Å². The lowest BCUT2D eigenvalue weighted by atomic mass is 10.0. The predicted molar refractivity (Wildman–Crippen MR) is 77.1 cm³/mol. The van der Waals surface area contributed by atoms with Crippen LogP contribution in [0.1, 0.15) is 24.9 Å². The minimum atomic E-state index is -1.19. The van der Waals surface area contributed by atoms with Crippen LogP contribution >= 0.6 is 15.9 Å². The molecule has 20 heavy (non-hydrogen) atoms. The van der Waals surface area contributed by atoms with Gasteiger partial charge in [-0.15, -0.1) is 0 Å². The summed E-state index contributed by atoms with van der Waals surface area (Å²) in [4.78, 5) is 0. The van der Waals surface area contributed by atoms with Crippen LogP contribution < -0.4 is 5.32 Å². The SMILES string of the molecule is CCC(Nc1cc(F)c(F)cc1F)c1cccc(Br)c1. The minimum absolute atomic E-state index is 0.0456. The zero-order valence-corrected chi connectivity index (χ0v) is 12.3. The van der Waals surface area contributed by atoms with E-state index in [2.05, 4.69) is 21.2 Å². The molecule has 0 fully saturated rings. The molecule has 0 bridgehead atoms. The molecule has 0 aliphatic carbocycles. The highest BCUT2D eigenvalue weighted by Gasteiger charge is 2.14. The molecular weight excluding hydrogens is 331 g/mol. The van der Waals surface area contributed by atoms with E-state index in [0.29, 0.717) is 12.5 Å². The fraction of sp³-hybridized carbons (Fsp3) is 0.200. The molecule has 2 aromatic carbocycles. The molecule has 0 spiro atoms. The van der Waals surface area contributed by atoms with Gasteiger partial charge in [0.1, 0.15) is 5.82 Å². The van der Waals surface area contributed by atoms with Crippen molar-refractivity contribution in [3.63, 3.8) is 0 Å². The summed E-state index contributed by atoms with van der Waals surface area (Å²) in [7, 11) is 0. The van der Waals surface area contributed by atoms with E-state index in [9.17, 15) is 13.2 Å². The van der Waals surface area contributed by atoms with E-state index in [0.717, 1.165) is 16.1 Å². The Labute approximate surface area is 123 Å². The smallest absolute Gasteiger partial charge is 0.161 e. The molecule has 0 heterocycles. The Hall–Kier alpha value is -1.49. The Morgan fingerprint density at radius 2 is 1.75 bits per heavy atom. The summed E-state index contributed by atoms with van der Waals surface area (Å²) in [6.07, 6.45) is 0.675. The molecule has 0 radical (unpaired) electrons. The highest BCUT2D eigenvalue weighted by molar-refractivity contribution is 9.10. The van der Waals surface area contributed by atoms with Crippen LogP contribution in [0.4, 0.5) is 18.9 Å². The van der Waals surface area contributed by atoms with Crippen LogP contribution in [0.2, 0.25) is 0 Å². The maximum atomic E-state index is 13.6. The molecule has 1 nitrogen and oxygen atoms in total. The first-order chi connectivity index (χ1) is 9.51. The molecular formula is C15H13BrF3N. The summed E-state index contributed by atoms with van der Waals surface area (Å²) in [5.74, 6) is -3.07. The second kappa shape index (κ2) is 6.31. The Balaban J connectivity index is 2.29. The summed E-state index contributed by atoms with van der Waals surface area (Å²) in [6, 6.07) is 8.74. The highest BCUT2D eigenvalue weighted by atomic mass is 79.9. The Kier molecular flexibility index (Phi) is 4.70. The number of rotatable bonds is 4. The number of benzene rings is 2. The van der Waals surface area contributed by atoms with Crippen molar-refractivity contribution < 1.29 is 13.2 Å². The molecule has 1 atom stereocenters. The normalized spacial score (nSPS) is 12.2. The molecule has 0 aliphatic rings. The molecule has 0 aliphatic heterocycles. The summed E-state index contributed by atoms with van der Waals surface area (Å²) >= 11 is 3.37. The summed E-state index contributed by atoms with van der Waals surface area (Å²) in [5, 5.41) is 2.91. The molecule has 1 unspecified atom stereocenters. The van der Waals surface area contributed by atoms with Crippen LogP contribution in [-0.4, -0.2) is 0 Å². The van der Waals surface area contributed by atoms with Crippen LogP contribution in [-0.2, 0) is 0 Å². The third-order valence-electron chi connectivity index (χ3n) is 3.00. The first kappa shape index (κ1) is 14.9. The van der Waals surface area contributed by atoms with Crippen LogP contribution in [0.3, 0.4) is 0 Å². The lowest BCUT2D eigenvalue weighted by Crippen LogP contribution is -2.11. The molecule has 5 heteroatoms. The Morgan fingerprint density at radius 1 is 1.05 bits per heavy atom. The molecule has 1 N–H and O–H groups in total. The average molecular weight is 344 g/mol. The Bertz CT molecular complexity index is 616. The fourth-order valence-electron chi connectivity index (χ4n) is 1.97. The lowest BCUT2D eigenvalue weighted by Gasteiger charge is -2.19. The zero-order chi connectivity index (χ0) is 14.7. The van der Waals surface area contributed by atoms with Crippen molar-refractivity contribution in [3.8, 4) is 0 Å². The van der Waals surface area contributed by atoms with Gasteiger partial charge in [0.25, 0.3) is 0 Å². The predicted octanol–water partition coefficient (Wildman–Crippen LogP) is 5.43. The van der Waals surface area contributed by atoms with Gasteiger partial charge in [0.15, 0.2) is 11.6 Å². The van der Waals surface area contributed by atoms with E-state index in [1.807, 2.05) is 31.2 Å². The van der Waals surface area contributed by atoms with E-state index in [-0.39, 0.29) is 11.7 Å². The maximum absolute atomic E-state index is 13.6. The molecule has 0 amide bonds. The number of anilines is 1. The van der Waals surface area contributed by atoms with Crippen LogP contribution in [0.25, 0.3) is 0 Å². The summed E-state index contributed by atoms with van der Waals surface area (Å²) < 4.78 is 40.6. The zero-order valence-electron chi connectivity index (χ0n) is 10.8. The van der Waals surface area contributed by atoms with Gasteiger partial charge in [-0.2, -0.15) is 0 Å². The third kappa shape index (κ3) is 3.33. The van der Waals surface area contributed by atoms with Gasteiger partial charge in [-0.25, -0.2) is 13.2 Å². The van der Waals surface area contributed by atoms with Crippen molar-refractivity contribution in [2.45, 2.75) is 19.4 Å². The van der Waals surface area contributed by atoms with E-state index >= 15 is 0 Å². The van der Waals surface area contributed by atoms with Crippen LogP contribution in [0.5, 0.6) is 0 Å². The van der Waals surface area contributed by atoms with E-state index in [1.165, 1.54) is 0 Å². The summed E-state index contributed by atoms with van der Waals surface area (Å²) in [5.41, 5.74) is 0.890. The van der Waals surface area contributed by atoms with Crippen molar-refractivity contribution in [2.75, 3.05) is 5.32 Å². The van der Waals surface area contributed by atoms with E-state index in [1.54, 1.807) is 0 Å². The van der Waals surface area contributed by atoms with Gasteiger partial charge in [0, 0.05) is 16.6 Å². The molecule has 106 valence electrons. The number of halogens is 4. The van der Waals surface area contributed by atoms with Gasteiger partial charge in [0.05, 0.1) is 11.7 Å². The topological polar surface area (TPSA) is 12.0 Å². The lowest BCUT2D eigenvalue weighted by molar-refractivity contribution is 0.495. The second-order valence-electron chi connectivity index (χ2n) is 4.41. The average Bonchev–Trinajstić information content (AvgIpc) is 2.41. The number of nitrogens with one attached hydrogen (secondary N) is 1. The molecule has 0 saturated carbocycles. The van der Waals surface area contributed by atoms with Crippen molar-refractivity contribution in [3.05, 3.63) is 63.9 Å². The number of hydrogen-bond acceptors (Lipinski definition) is 1. The van der Waals surface area contributed by atoms with E-state index in [4.69, 9.17) is 0 Å². The summed E-state index contributed by atoms with van der Waals surface area (Å²) in [6.45, 7) is 1.93. The van der Waals surface area contributed by atoms with Gasteiger partial charge in [-0.3, -0.25) is 0 Å². The van der Waals surface area contributed by atoms with Gasteiger partial charge in [0.2, 0.25) is 0 Å². The quantitative estimate of drug-likeness (QED) is 0.730. The van der Waals surface area contributed by atoms with E-state index < -0.39 is 17.5 Å². The first-order valence-electron chi connectivity index (χ1n) is 6.17. The molecule has 2 aromatic rings. The van der Waals surface area contributed by atoms with Gasteiger partial charge in [-0.1, -0.05) is 35.0 Å². The molecule has 0 aromatic heterocycles. The minimum Gasteiger partial charge on any atom is -0.376 e. The number of hydrogen-bond donors (Lipinski definition) is 1. The molecule has 0 saturated heterocycles. The molecule has 2 rings (SSSR count).